The topological polar surface area (TPSA) is 189 Å². The Morgan fingerprint density at radius 2 is 1.51 bits per heavy atom. The lowest BCUT2D eigenvalue weighted by Crippen LogP contribution is -2.62. The molecular weight excluding hydrogens is 626 g/mol. The van der Waals surface area contributed by atoms with E-state index in [4.69, 9.17) is 10.5 Å². The van der Waals surface area contributed by atoms with E-state index < -0.39 is 59.9 Å². The van der Waals surface area contributed by atoms with Crippen molar-refractivity contribution in [1.29, 1.82) is 0 Å². The first-order valence-electron chi connectivity index (χ1n) is 17.1. The van der Waals surface area contributed by atoms with E-state index in [2.05, 4.69) is 21.3 Å². The summed E-state index contributed by atoms with van der Waals surface area (Å²) in [6.07, 6.45) is 2.11. The minimum atomic E-state index is -1.33. The van der Waals surface area contributed by atoms with Gasteiger partial charge in [0.25, 0.3) is 0 Å². The number of aliphatic hydroxyl groups excluding tert-OH is 1. The van der Waals surface area contributed by atoms with Gasteiger partial charge in [-0.15, -0.1) is 0 Å². The molecule has 7 N–H and O–H groups in total. The van der Waals surface area contributed by atoms with E-state index in [-0.39, 0.29) is 37.8 Å². The Bertz CT molecular complexity index is 1380. The second kappa shape index (κ2) is 20.3. The third kappa shape index (κ3) is 12.9. The molecule has 0 radical (unpaired) electrons. The van der Waals surface area contributed by atoms with Crippen LogP contribution in [0.15, 0.2) is 54.6 Å². The average molecular weight is 682 g/mol. The van der Waals surface area contributed by atoms with Gasteiger partial charge in [-0.05, 0) is 48.3 Å². The molecule has 49 heavy (non-hydrogen) atoms. The summed E-state index contributed by atoms with van der Waals surface area (Å²) >= 11 is 0. The first-order valence-corrected chi connectivity index (χ1v) is 17.1. The summed E-state index contributed by atoms with van der Waals surface area (Å²) in [4.78, 5) is 64.4. The second-order valence-corrected chi connectivity index (χ2v) is 13.4. The van der Waals surface area contributed by atoms with Crippen LogP contribution in [0.1, 0.15) is 79.2 Å². The predicted octanol–water partition coefficient (Wildman–Crippen LogP) is 3.80. The number of hydrogen-bond acceptors (Lipinski definition) is 8. The molecule has 0 aliphatic carbocycles. The number of ether oxygens (including phenoxy) is 1. The fourth-order valence-electron chi connectivity index (χ4n) is 5.60. The van der Waals surface area contributed by atoms with Crippen LogP contribution in [0.2, 0.25) is 0 Å². The number of nitrogens with two attached hydrogens (primary N) is 1. The highest BCUT2D eigenvalue weighted by atomic mass is 16.5. The van der Waals surface area contributed by atoms with E-state index in [0.717, 1.165) is 29.5 Å². The molecule has 0 aliphatic rings. The maximum atomic E-state index is 13.5. The largest absolute Gasteiger partial charge is 0.445 e. The minimum absolute atomic E-state index is 0.0143. The molecule has 270 valence electrons. The summed E-state index contributed by atoms with van der Waals surface area (Å²) in [6, 6.07) is 13.9. The predicted molar refractivity (Wildman–Crippen MR) is 189 cm³/mol. The molecule has 2 aromatic carbocycles. The number of carbonyl (C=O) groups is 5. The molecule has 0 spiro atoms. The van der Waals surface area contributed by atoms with Crippen molar-refractivity contribution in [3.05, 3.63) is 60.2 Å². The number of imide groups is 1. The molecule has 0 aliphatic heterocycles. The highest BCUT2D eigenvalue weighted by Gasteiger charge is 2.43. The van der Waals surface area contributed by atoms with E-state index in [0.29, 0.717) is 6.42 Å². The Hall–Kier alpha value is -4.29. The lowest BCUT2D eigenvalue weighted by atomic mass is 9.74. The molecule has 0 fully saturated rings. The average Bonchev–Trinajstić information content (AvgIpc) is 3.07. The smallest absolute Gasteiger partial charge is 0.408 e. The van der Waals surface area contributed by atoms with Gasteiger partial charge in [-0.2, -0.15) is 0 Å². The summed E-state index contributed by atoms with van der Waals surface area (Å²) in [6.45, 7) is 9.99. The van der Waals surface area contributed by atoms with Crippen LogP contribution >= 0.6 is 0 Å². The number of unbranched alkanes of at least 4 members (excludes halogenated alkanes) is 2. The van der Waals surface area contributed by atoms with Gasteiger partial charge in [-0.3, -0.25) is 24.5 Å². The Kier molecular flexibility index (Phi) is 16.9. The molecule has 2 aromatic rings. The highest BCUT2D eigenvalue weighted by Crippen LogP contribution is 2.29. The van der Waals surface area contributed by atoms with Crippen LogP contribution in [-0.2, 0) is 30.5 Å². The molecule has 3 unspecified atom stereocenters. The van der Waals surface area contributed by atoms with E-state index in [9.17, 15) is 29.1 Å². The van der Waals surface area contributed by atoms with Gasteiger partial charge in [0, 0.05) is 18.4 Å². The van der Waals surface area contributed by atoms with Gasteiger partial charge in [0.15, 0.2) is 0 Å². The maximum absolute atomic E-state index is 13.5. The highest BCUT2D eigenvalue weighted by molar-refractivity contribution is 5.99. The lowest BCUT2D eigenvalue weighted by molar-refractivity contribution is -0.136. The molecule has 12 nitrogen and oxygen atoms in total. The summed E-state index contributed by atoms with van der Waals surface area (Å²) in [7, 11) is 0. The van der Waals surface area contributed by atoms with Crippen LogP contribution in [0.3, 0.4) is 0 Å². The molecule has 0 saturated heterocycles. The van der Waals surface area contributed by atoms with Crippen molar-refractivity contribution in [2.75, 3.05) is 13.2 Å². The summed E-state index contributed by atoms with van der Waals surface area (Å²) in [5.74, 6) is -2.74. The number of rotatable bonds is 19. The van der Waals surface area contributed by atoms with Crippen molar-refractivity contribution >= 4 is 29.7 Å². The summed E-state index contributed by atoms with van der Waals surface area (Å²) in [5.41, 5.74) is 7.86. The SMILES string of the molecule is CCCCCC(=O)NC(=O)C(NC(=O)C(N)C(CO)(CNC(=O)[C@H](C)NC(=O)OCc1ccccc1-c1ccccc1)CC(C)C)C(C)C. The Balaban J connectivity index is 2.04. The zero-order chi connectivity index (χ0) is 36.6. The Morgan fingerprint density at radius 1 is 0.857 bits per heavy atom. The van der Waals surface area contributed by atoms with Crippen molar-refractivity contribution in [2.24, 2.45) is 23.0 Å². The molecule has 0 aromatic heterocycles. The van der Waals surface area contributed by atoms with Gasteiger partial charge >= 0.3 is 6.09 Å². The molecule has 0 heterocycles. The summed E-state index contributed by atoms with van der Waals surface area (Å²) in [5, 5.41) is 20.8. The molecule has 0 saturated carbocycles. The van der Waals surface area contributed by atoms with Crippen LogP contribution in [-0.4, -0.2) is 66.1 Å². The number of hydrogen-bond donors (Lipinski definition) is 6. The van der Waals surface area contributed by atoms with E-state index in [1.54, 1.807) is 13.8 Å². The first kappa shape index (κ1) is 40.9. The lowest BCUT2D eigenvalue weighted by Gasteiger charge is -2.39. The van der Waals surface area contributed by atoms with Gasteiger partial charge in [0.2, 0.25) is 23.6 Å². The number of aliphatic hydroxyl groups is 1. The third-order valence-corrected chi connectivity index (χ3v) is 8.39. The van der Waals surface area contributed by atoms with Gasteiger partial charge in [0.05, 0.1) is 12.6 Å². The van der Waals surface area contributed by atoms with Gasteiger partial charge in [-0.25, -0.2) is 4.79 Å². The molecule has 2 rings (SSSR count). The van der Waals surface area contributed by atoms with Crippen molar-refractivity contribution in [3.63, 3.8) is 0 Å². The van der Waals surface area contributed by atoms with E-state index >= 15 is 0 Å². The van der Waals surface area contributed by atoms with E-state index in [1.807, 2.05) is 75.4 Å². The van der Waals surface area contributed by atoms with Crippen molar-refractivity contribution in [2.45, 2.75) is 98.4 Å². The maximum Gasteiger partial charge on any atom is 0.408 e. The van der Waals surface area contributed by atoms with Crippen LogP contribution in [0.4, 0.5) is 4.79 Å². The molecule has 0 bridgehead atoms. The number of carbonyl (C=O) groups excluding carboxylic acids is 5. The molecular formula is C37H55N5O7. The molecule has 5 amide bonds. The minimum Gasteiger partial charge on any atom is -0.445 e. The van der Waals surface area contributed by atoms with Gasteiger partial charge in [-0.1, -0.05) is 102 Å². The third-order valence-electron chi connectivity index (χ3n) is 8.39. The number of benzene rings is 2. The van der Waals surface area contributed by atoms with Gasteiger partial charge < -0.3 is 31.5 Å². The molecule has 4 atom stereocenters. The Labute approximate surface area is 290 Å². The van der Waals surface area contributed by atoms with Crippen molar-refractivity contribution in [3.8, 4) is 11.1 Å². The standard InChI is InChI=1S/C37H55N5O7/c1-7-8-10-19-30(44)41-34(46)31(25(4)5)42-35(47)32(38)37(23-43,20-24(2)3)22-39-33(45)26(6)40-36(48)49-21-28-17-13-14-18-29(28)27-15-11-9-12-16-27/h9,11-18,24-26,31-32,43H,7-8,10,19-23,38H2,1-6H3,(H,39,45)(H,40,48)(H,42,47)(H,41,44,46)/t26-,31?,32?,37?/m0/s1. The van der Waals surface area contributed by atoms with E-state index in [1.165, 1.54) is 6.92 Å². The first-order chi connectivity index (χ1) is 23.2. The quantitative estimate of drug-likeness (QED) is 0.121. The normalized spacial score (nSPS) is 14.2. The van der Waals surface area contributed by atoms with Crippen LogP contribution in [0, 0.1) is 17.3 Å². The summed E-state index contributed by atoms with van der Waals surface area (Å²) < 4.78 is 5.43. The monoisotopic (exact) mass is 681 g/mol. The van der Waals surface area contributed by atoms with Crippen LogP contribution < -0.4 is 27.0 Å². The fourth-order valence-corrected chi connectivity index (χ4v) is 5.60. The van der Waals surface area contributed by atoms with Crippen LogP contribution in [0.25, 0.3) is 11.1 Å². The number of alkyl carbamates (subject to hydrolysis) is 1. The number of nitrogens with one attached hydrogen (secondary N) is 4. The van der Waals surface area contributed by atoms with Crippen LogP contribution in [0.5, 0.6) is 0 Å². The van der Waals surface area contributed by atoms with Gasteiger partial charge in [0.1, 0.15) is 18.7 Å². The number of amides is 5. The zero-order valence-electron chi connectivity index (χ0n) is 29.7. The van der Waals surface area contributed by atoms with Crippen molar-refractivity contribution in [1.82, 2.24) is 21.3 Å². The fraction of sp³-hybridized carbons (Fsp3) is 0.541. The molecule has 12 heteroatoms. The Morgan fingerprint density at radius 3 is 2.12 bits per heavy atom. The van der Waals surface area contributed by atoms with Crippen molar-refractivity contribution < 1.29 is 33.8 Å². The zero-order valence-corrected chi connectivity index (χ0v) is 29.7. The second-order valence-electron chi connectivity index (χ2n) is 13.4.